The van der Waals surface area contributed by atoms with E-state index in [1.807, 2.05) is 158 Å². The van der Waals surface area contributed by atoms with Crippen molar-refractivity contribution in [1.82, 2.24) is 59.0 Å². The molecule has 516 valence electrons. The largest absolute Gasteiger partial charge is 0.309 e. The van der Waals surface area contributed by atoms with Gasteiger partial charge in [-0.05, 0) is 131 Å². The van der Waals surface area contributed by atoms with Crippen LogP contribution in [0.1, 0.15) is 0 Å². The van der Waals surface area contributed by atoms with Gasteiger partial charge < -0.3 is 9.13 Å². The zero-order valence-electron chi connectivity index (χ0n) is 59.3. The molecule has 10 heterocycles. The molecule has 0 aliphatic heterocycles. The Kier molecular flexibility index (Phi) is 17.3. The molecule has 0 aliphatic carbocycles. The van der Waals surface area contributed by atoms with Gasteiger partial charge in [-0.25, -0.2) is 29.9 Å². The molecule has 12 heteroatoms. The molecule has 20 rings (SSSR count). The van der Waals surface area contributed by atoms with Crippen LogP contribution < -0.4 is 0 Å². The topological polar surface area (TPSA) is 139 Å². The van der Waals surface area contributed by atoms with Crippen molar-refractivity contribution in [3.63, 3.8) is 0 Å². The van der Waals surface area contributed by atoms with Crippen molar-refractivity contribution in [2.24, 2.45) is 0 Å². The Morgan fingerprint density at radius 2 is 0.473 bits per heavy atom. The van der Waals surface area contributed by atoms with Crippen molar-refractivity contribution < 1.29 is 0 Å². The van der Waals surface area contributed by atoms with Crippen LogP contribution in [0.15, 0.2) is 389 Å². The molecule has 0 saturated carbocycles. The summed E-state index contributed by atoms with van der Waals surface area (Å²) in [6, 6.07) is 124. The molecule has 0 unspecified atom stereocenters. The summed E-state index contributed by atoms with van der Waals surface area (Å²) in [6.45, 7) is 0. The van der Waals surface area contributed by atoms with E-state index in [1.165, 1.54) is 21.5 Å². The second-order valence-electron chi connectivity index (χ2n) is 26.8. The first-order valence-corrected chi connectivity index (χ1v) is 36.5. The summed E-state index contributed by atoms with van der Waals surface area (Å²) >= 11 is 0. The van der Waals surface area contributed by atoms with E-state index in [2.05, 4.69) is 240 Å². The Morgan fingerprint density at radius 3 is 0.827 bits per heavy atom. The molecule has 0 aliphatic rings. The van der Waals surface area contributed by atoms with Crippen molar-refractivity contribution in [2.75, 3.05) is 0 Å². The van der Waals surface area contributed by atoms with Gasteiger partial charge in [-0.2, -0.15) is 0 Å². The van der Waals surface area contributed by atoms with E-state index in [0.717, 1.165) is 157 Å². The quantitative estimate of drug-likeness (QED) is 0.103. The Bertz CT molecular complexity index is 6500. The van der Waals surface area contributed by atoms with Crippen LogP contribution in [-0.2, 0) is 0 Å². The average Bonchev–Trinajstić information content (AvgIpc) is 1.59. The summed E-state index contributed by atoms with van der Waals surface area (Å²) in [5.41, 5.74) is 26.0. The lowest BCUT2D eigenvalue weighted by Gasteiger charge is -2.12. The van der Waals surface area contributed by atoms with Crippen LogP contribution in [0.5, 0.6) is 0 Å². The van der Waals surface area contributed by atoms with Crippen LogP contribution in [0.4, 0.5) is 0 Å². The van der Waals surface area contributed by atoms with Gasteiger partial charge in [0, 0.05) is 79.2 Å². The first-order chi connectivity index (χ1) is 54.5. The van der Waals surface area contributed by atoms with Gasteiger partial charge in [-0.1, -0.05) is 255 Å². The molecule has 0 fully saturated rings. The number of hydrogen-bond donors (Lipinski definition) is 0. The average molecular weight is 1410 g/mol. The molecule has 0 bridgehead atoms. The number of rotatable bonds is 14. The summed E-state index contributed by atoms with van der Waals surface area (Å²) in [6.07, 6.45) is 7.55. The van der Waals surface area contributed by atoms with Crippen molar-refractivity contribution in [3.05, 3.63) is 389 Å². The van der Waals surface area contributed by atoms with E-state index in [9.17, 15) is 0 Å². The summed E-state index contributed by atoms with van der Waals surface area (Å²) in [4.78, 5) is 50.0. The van der Waals surface area contributed by atoms with Gasteiger partial charge in [0.15, 0.2) is 11.6 Å². The fraction of sp³-hybridized carbons (Fsp3) is 0. The molecule has 0 N–H and O–H groups in total. The molecule has 10 aromatic heterocycles. The molecular weight excluding hydrogens is 1350 g/mol. The highest BCUT2D eigenvalue weighted by atomic mass is 15.0. The second-order valence-corrected chi connectivity index (χ2v) is 26.8. The Labute approximate surface area is 634 Å². The predicted molar refractivity (Wildman–Crippen MR) is 445 cm³/mol. The third-order valence-electron chi connectivity index (χ3n) is 19.9. The molecule has 0 amide bonds. The first-order valence-electron chi connectivity index (χ1n) is 36.5. The van der Waals surface area contributed by atoms with Crippen molar-refractivity contribution >= 4 is 43.6 Å². The Hall–Kier alpha value is -15.1. The van der Waals surface area contributed by atoms with E-state index in [4.69, 9.17) is 49.8 Å². The minimum absolute atomic E-state index is 0.665. The maximum absolute atomic E-state index is 5.20. The van der Waals surface area contributed by atoms with E-state index < -0.39 is 0 Å². The molecule has 0 atom stereocenters. The smallest absolute Gasteiger partial charge is 0.160 e. The normalized spacial score (nSPS) is 11.3. The number of nitrogens with zero attached hydrogens (tertiary/aromatic N) is 12. The number of aromatic nitrogens is 12. The first kappa shape index (κ1) is 65.6. The molecule has 10 aromatic carbocycles. The van der Waals surface area contributed by atoms with Crippen LogP contribution in [0.2, 0.25) is 0 Å². The lowest BCUT2D eigenvalue weighted by atomic mass is 10.0. The lowest BCUT2D eigenvalue weighted by Crippen LogP contribution is -1.98. The van der Waals surface area contributed by atoms with Gasteiger partial charge in [0.05, 0.1) is 102 Å². The molecule has 0 radical (unpaired) electrons. The van der Waals surface area contributed by atoms with Gasteiger partial charge in [-0.15, -0.1) is 0 Å². The van der Waals surface area contributed by atoms with Crippen molar-refractivity contribution in [1.29, 1.82) is 0 Å². The molecule has 110 heavy (non-hydrogen) atoms. The molecule has 0 saturated heterocycles. The third-order valence-corrected chi connectivity index (χ3v) is 19.9. The fourth-order valence-electron chi connectivity index (χ4n) is 14.5. The minimum atomic E-state index is 0.665. The highest BCUT2D eigenvalue weighted by molar-refractivity contribution is 6.10. The van der Waals surface area contributed by atoms with Crippen LogP contribution in [0, 0.1) is 0 Å². The van der Waals surface area contributed by atoms with E-state index in [0.29, 0.717) is 11.6 Å². The minimum Gasteiger partial charge on any atom is -0.309 e. The van der Waals surface area contributed by atoms with Gasteiger partial charge in [0.25, 0.3) is 0 Å². The predicted octanol–water partition coefficient (Wildman–Crippen LogP) is 23.5. The van der Waals surface area contributed by atoms with E-state index in [-0.39, 0.29) is 0 Å². The number of hydrogen-bond acceptors (Lipinski definition) is 10. The highest BCUT2D eigenvalue weighted by Crippen LogP contribution is 2.39. The van der Waals surface area contributed by atoms with Crippen LogP contribution in [-0.4, -0.2) is 59.0 Å². The number of fused-ring (bicyclic) bond motifs is 6. The molecule has 12 nitrogen and oxygen atoms in total. The van der Waals surface area contributed by atoms with Gasteiger partial charge in [0.1, 0.15) is 0 Å². The summed E-state index contributed by atoms with van der Waals surface area (Å²) in [5.74, 6) is 1.33. The number of pyridine rings is 6. The van der Waals surface area contributed by atoms with Gasteiger partial charge in [0.2, 0.25) is 0 Å². The zero-order chi connectivity index (χ0) is 73.1. The molecule has 20 aromatic rings. The van der Waals surface area contributed by atoms with Crippen molar-refractivity contribution in [3.8, 4) is 147 Å². The number of benzene rings is 10. The van der Waals surface area contributed by atoms with Crippen LogP contribution >= 0.6 is 0 Å². The van der Waals surface area contributed by atoms with Crippen LogP contribution in [0.25, 0.3) is 191 Å². The van der Waals surface area contributed by atoms with Gasteiger partial charge in [-0.3, -0.25) is 19.9 Å². The van der Waals surface area contributed by atoms with Crippen LogP contribution in [0.3, 0.4) is 0 Å². The van der Waals surface area contributed by atoms with E-state index >= 15 is 0 Å². The SMILES string of the molecule is c1ccc(-c2cc(-c3ccc(-c4cc(-c5ccccc5)nc(-c5ccccc5)n4)cn3)nc(-c3cc(-n4c5ccccc5c5ccccc54)ccn3)c2)cc1.c1ccc(-c2cc(-c3ccc(-c4cc(-c5ccccc5)nc(-c5ccccc5)n4)cn3)nc(-c3ccc(-n4c5ccccc5c5ccccc54)cn3)c2)cc1. The highest BCUT2D eigenvalue weighted by Gasteiger charge is 2.20. The fourth-order valence-corrected chi connectivity index (χ4v) is 14.5. The van der Waals surface area contributed by atoms with Crippen molar-refractivity contribution in [2.45, 2.75) is 0 Å². The zero-order valence-corrected chi connectivity index (χ0v) is 59.3. The molecule has 0 spiro atoms. The Morgan fingerprint density at radius 1 is 0.164 bits per heavy atom. The second kappa shape index (κ2) is 29.1. The summed E-state index contributed by atoms with van der Waals surface area (Å²) in [7, 11) is 0. The maximum atomic E-state index is 5.20. The third kappa shape index (κ3) is 13.1. The van der Waals surface area contributed by atoms with E-state index in [1.54, 1.807) is 0 Å². The lowest BCUT2D eigenvalue weighted by molar-refractivity contribution is 1.13. The monoisotopic (exact) mass is 1410 g/mol. The number of para-hydroxylation sites is 4. The standard InChI is InChI=1S/2C49H32N6/c1-4-14-33(15-5-1)37-28-45(52-46(29-37)42-27-25-38(32-51-42)55-47-22-12-10-20-39(47)40-21-11-13-23-48(40)55)41-26-24-36(31-50-41)44-30-43(34-16-6-2-7-17-34)53-49(54-44)35-18-8-3-9-19-35;1-4-14-33(15-5-1)37-28-45(52-46(29-37)44-30-38(26-27-50-44)55-47-22-12-10-20-39(47)40-21-11-13-23-48(40)55)41-25-24-36(32-51-41)43-31-42(34-16-6-2-7-17-34)53-49(54-43)35-18-8-3-9-19-35/h2*1-32H. The van der Waals surface area contributed by atoms with Gasteiger partial charge >= 0.3 is 0 Å². The Balaban J connectivity index is 0.000000149. The summed E-state index contributed by atoms with van der Waals surface area (Å²) < 4.78 is 4.58. The maximum Gasteiger partial charge on any atom is 0.160 e. The summed E-state index contributed by atoms with van der Waals surface area (Å²) in [5, 5.41) is 4.87. The molecular formula is C98H64N12.